The lowest BCUT2D eigenvalue weighted by molar-refractivity contribution is -0.146. The molecule has 5 heteroatoms. The Bertz CT molecular complexity index is 491. The predicted molar refractivity (Wildman–Crippen MR) is 76.2 cm³/mol. The zero-order valence-electron chi connectivity index (χ0n) is 11.5. The van der Waals surface area contributed by atoms with Gasteiger partial charge in [0.05, 0.1) is 6.54 Å². The first-order valence-electron chi connectivity index (χ1n) is 6.37. The highest BCUT2D eigenvalue weighted by molar-refractivity contribution is 5.92. The van der Waals surface area contributed by atoms with Crippen LogP contribution in [0.2, 0.25) is 0 Å². The Balaban J connectivity index is 2.50. The van der Waals surface area contributed by atoms with Crippen LogP contribution in [0.5, 0.6) is 0 Å². The zero-order chi connectivity index (χ0) is 15.1. The van der Waals surface area contributed by atoms with Crippen LogP contribution in [0.1, 0.15) is 30.9 Å². The molecular weight excluding hydrogens is 258 g/mol. The maximum atomic E-state index is 11.4. The third kappa shape index (κ3) is 5.24. The topological polar surface area (TPSA) is 86.6 Å². The number of aliphatic hydroxyl groups excluding tert-OH is 1. The van der Waals surface area contributed by atoms with Crippen molar-refractivity contribution >= 4 is 18.0 Å². The van der Waals surface area contributed by atoms with Crippen molar-refractivity contribution in [2.24, 2.45) is 0 Å². The van der Waals surface area contributed by atoms with Gasteiger partial charge in [-0.05, 0) is 23.1 Å². The van der Waals surface area contributed by atoms with Crippen LogP contribution in [0.4, 0.5) is 0 Å². The molecule has 0 heterocycles. The van der Waals surface area contributed by atoms with E-state index in [1.54, 1.807) is 6.08 Å². The summed E-state index contributed by atoms with van der Waals surface area (Å²) in [5.74, 6) is -1.36. The van der Waals surface area contributed by atoms with Crippen LogP contribution in [-0.4, -0.2) is 34.7 Å². The lowest BCUT2D eigenvalue weighted by Crippen LogP contribution is -2.35. The summed E-state index contributed by atoms with van der Waals surface area (Å²) >= 11 is 0. The maximum Gasteiger partial charge on any atom is 0.334 e. The molecule has 3 N–H and O–H groups in total. The fraction of sp³-hybridized carbons (Fsp3) is 0.333. The molecule has 20 heavy (non-hydrogen) atoms. The van der Waals surface area contributed by atoms with Crippen molar-refractivity contribution in [3.63, 3.8) is 0 Å². The normalized spacial score (nSPS) is 12.6. The molecule has 1 rings (SSSR count). The molecule has 1 amide bonds. The summed E-state index contributed by atoms with van der Waals surface area (Å²) in [5.41, 5.74) is 2.10. The Morgan fingerprint density at radius 3 is 2.35 bits per heavy atom. The van der Waals surface area contributed by atoms with Gasteiger partial charge < -0.3 is 15.5 Å². The minimum absolute atomic E-state index is 0.315. The second-order valence-corrected chi connectivity index (χ2v) is 4.75. The van der Waals surface area contributed by atoms with Gasteiger partial charge in [0.2, 0.25) is 5.91 Å². The molecule has 0 aromatic heterocycles. The molecule has 0 aliphatic rings. The first-order chi connectivity index (χ1) is 9.40. The van der Waals surface area contributed by atoms with Gasteiger partial charge in [0.1, 0.15) is 0 Å². The molecular formula is C15H19NO4. The minimum Gasteiger partial charge on any atom is -0.479 e. The first-order valence-corrected chi connectivity index (χ1v) is 6.37. The van der Waals surface area contributed by atoms with E-state index in [9.17, 15) is 9.59 Å². The number of hydrogen-bond acceptors (Lipinski definition) is 3. The number of carbonyl (C=O) groups excluding carboxylic acids is 1. The highest BCUT2D eigenvalue weighted by Gasteiger charge is 2.12. The number of amides is 1. The number of rotatable bonds is 6. The van der Waals surface area contributed by atoms with E-state index in [-0.39, 0.29) is 6.54 Å². The summed E-state index contributed by atoms with van der Waals surface area (Å²) in [6.07, 6.45) is 1.35. The van der Waals surface area contributed by atoms with Gasteiger partial charge in [0.15, 0.2) is 6.10 Å². The molecule has 0 aliphatic heterocycles. The van der Waals surface area contributed by atoms with E-state index in [0.29, 0.717) is 5.92 Å². The number of benzene rings is 1. The summed E-state index contributed by atoms with van der Waals surface area (Å²) in [6, 6.07) is 7.81. The Kier molecular flexibility index (Phi) is 5.93. The molecule has 1 aromatic carbocycles. The second-order valence-electron chi connectivity index (χ2n) is 4.75. The summed E-state index contributed by atoms with van der Waals surface area (Å²) in [6.45, 7) is 3.89. The van der Waals surface area contributed by atoms with Crippen LogP contribution in [0.25, 0.3) is 6.08 Å². The maximum absolute atomic E-state index is 11.4. The number of carbonyl (C=O) groups is 2. The second kappa shape index (κ2) is 7.45. The highest BCUT2D eigenvalue weighted by atomic mass is 16.4. The zero-order valence-corrected chi connectivity index (χ0v) is 11.5. The average Bonchev–Trinajstić information content (AvgIpc) is 2.42. The molecule has 1 unspecified atom stereocenters. The highest BCUT2D eigenvalue weighted by Crippen LogP contribution is 2.15. The van der Waals surface area contributed by atoms with E-state index < -0.39 is 18.0 Å². The van der Waals surface area contributed by atoms with Crippen LogP contribution in [-0.2, 0) is 9.59 Å². The van der Waals surface area contributed by atoms with Crippen molar-refractivity contribution in [2.45, 2.75) is 25.9 Å². The van der Waals surface area contributed by atoms with E-state index in [1.807, 2.05) is 24.3 Å². The van der Waals surface area contributed by atoms with Crippen LogP contribution in [0.15, 0.2) is 30.3 Å². The molecule has 0 saturated heterocycles. The average molecular weight is 277 g/mol. The molecule has 0 spiro atoms. The summed E-state index contributed by atoms with van der Waals surface area (Å²) in [7, 11) is 0. The molecule has 0 aliphatic carbocycles. The molecule has 108 valence electrons. The van der Waals surface area contributed by atoms with Crippen molar-refractivity contribution in [1.29, 1.82) is 0 Å². The molecule has 0 fully saturated rings. The summed E-state index contributed by atoms with van der Waals surface area (Å²) < 4.78 is 0. The van der Waals surface area contributed by atoms with Gasteiger partial charge in [-0.2, -0.15) is 0 Å². The number of carboxylic acids is 1. The number of carboxylic acid groups (broad SMARTS) is 1. The molecule has 0 saturated carbocycles. The number of nitrogens with one attached hydrogen (secondary N) is 1. The number of aliphatic carboxylic acids is 1. The van der Waals surface area contributed by atoms with Crippen molar-refractivity contribution in [3.05, 3.63) is 41.5 Å². The van der Waals surface area contributed by atoms with Crippen molar-refractivity contribution in [2.75, 3.05) is 6.54 Å². The lowest BCUT2D eigenvalue weighted by atomic mass is 10.0. The predicted octanol–water partition coefficient (Wildman–Crippen LogP) is 1.38. The van der Waals surface area contributed by atoms with Crippen molar-refractivity contribution in [3.8, 4) is 0 Å². The van der Waals surface area contributed by atoms with Gasteiger partial charge >= 0.3 is 5.97 Å². The minimum atomic E-state index is -1.59. The van der Waals surface area contributed by atoms with Gasteiger partial charge in [0.25, 0.3) is 0 Å². The Labute approximate surface area is 117 Å². The number of aliphatic hydroxyl groups is 1. The van der Waals surface area contributed by atoms with E-state index in [1.165, 1.54) is 11.6 Å². The van der Waals surface area contributed by atoms with Crippen molar-refractivity contribution < 1.29 is 19.8 Å². The van der Waals surface area contributed by atoms with Crippen LogP contribution < -0.4 is 5.32 Å². The van der Waals surface area contributed by atoms with Crippen LogP contribution in [0.3, 0.4) is 0 Å². The van der Waals surface area contributed by atoms with E-state index in [0.717, 1.165) is 5.56 Å². The van der Waals surface area contributed by atoms with Crippen LogP contribution >= 0.6 is 0 Å². The molecule has 0 bridgehead atoms. The fourth-order valence-corrected chi connectivity index (χ4v) is 1.51. The molecule has 1 aromatic rings. The Hall–Kier alpha value is -2.14. The van der Waals surface area contributed by atoms with E-state index in [4.69, 9.17) is 10.2 Å². The van der Waals surface area contributed by atoms with Gasteiger partial charge in [-0.1, -0.05) is 38.1 Å². The standard InChI is InChI=1S/C15H19NO4/c1-10(2)12-6-3-11(4-7-12)5-8-14(18)16-9-13(17)15(19)20/h3-8,10,13,17H,9H2,1-2H3,(H,16,18)(H,19,20). The lowest BCUT2D eigenvalue weighted by Gasteiger charge is -2.06. The van der Waals surface area contributed by atoms with Gasteiger partial charge in [-0.15, -0.1) is 0 Å². The molecule has 1 atom stereocenters. The van der Waals surface area contributed by atoms with E-state index >= 15 is 0 Å². The van der Waals surface area contributed by atoms with Gasteiger partial charge in [0, 0.05) is 6.08 Å². The Morgan fingerprint density at radius 2 is 1.85 bits per heavy atom. The monoisotopic (exact) mass is 277 g/mol. The smallest absolute Gasteiger partial charge is 0.334 e. The number of hydrogen-bond donors (Lipinski definition) is 3. The largest absolute Gasteiger partial charge is 0.479 e. The SMILES string of the molecule is CC(C)c1ccc(C=CC(=O)NCC(O)C(=O)O)cc1. The third-order valence-corrected chi connectivity index (χ3v) is 2.78. The molecule has 5 nitrogen and oxygen atoms in total. The third-order valence-electron chi connectivity index (χ3n) is 2.78. The van der Waals surface area contributed by atoms with Crippen molar-refractivity contribution in [1.82, 2.24) is 5.32 Å². The molecule has 0 radical (unpaired) electrons. The van der Waals surface area contributed by atoms with Gasteiger partial charge in [-0.25, -0.2) is 4.79 Å². The van der Waals surface area contributed by atoms with Crippen LogP contribution in [0, 0.1) is 0 Å². The van der Waals surface area contributed by atoms with Gasteiger partial charge in [-0.3, -0.25) is 4.79 Å². The first kappa shape index (κ1) is 15.9. The summed E-state index contributed by atoms with van der Waals surface area (Å²) in [5, 5.41) is 19.8. The summed E-state index contributed by atoms with van der Waals surface area (Å²) in [4.78, 5) is 21.8. The fourth-order valence-electron chi connectivity index (χ4n) is 1.51. The van der Waals surface area contributed by atoms with E-state index in [2.05, 4.69) is 19.2 Å². The quantitative estimate of drug-likeness (QED) is 0.686. The Morgan fingerprint density at radius 1 is 1.25 bits per heavy atom.